The summed E-state index contributed by atoms with van der Waals surface area (Å²) in [5.41, 5.74) is 0. The Morgan fingerprint density at radius 3 is 2.48 bits per heavy atom. The molecule has 2 amide bonds. The lowest BCUT2D eigenvalue weighted by atomic mass is 9.99. The van der Waals surface area contributed by atoms with Crippen LogP contribution >= 0.6 is 0 Å². The topological polar surface area (TPSA) is 58.6 Å². The van der Waals surface area contributed by atoms with Crippen molar-refractivity contribution in [2.75, 3.05) is 19.8 Å². The van der Waals surface area contributed by atoms with Crippen molar-refractivity contribution in [3.63, 3.8) is 0 Å². The van der Waals surface area contributed by atoms with Crippen molar-refractivity contribution in [3.05, 3.63) is 0 Å². The molecule has 1 aliphatic heterocycles. The van der Waals surface area contributed by atoms with Crippen molar-refractivity contribution >= 4 is 11.8 Å². The number of ether oxygens (including phenoxy) is 1. The Kier molecular flexibility index (Phi) is 7.15. The van der Waals surface area contributed by atoms with Gasteiger partial charge in [-0.05, 0) is 25.2 Å². The van der Waals surface area contributed by atoms with Gasteiger partial charge in [0, 0.05) is 19.6 Å². The van der Waals surface area contributed by atoms with Crippen LogP contribution in [0.25, 0.3) is 0 Å². The number of hydrogen-bond donors (Lipinski definition) is 1. The highest BCUT2D eigenvalue weighted by Crippen LogP contribution is 2.18. The molecule has 2 unspecified atom stereocenters. The molecule has 122 valence electrons. The third-order valence-electron chi connectivity index (χ3n) is 3.87. The van der Waals surface area contributed by atoms with E-state index in [0.29, 0.717) is 44.4 Å². The first-order valence-corrected chi connectivity index (χ1v) is 8.04. The molecule has 0 aromatic heterocycles. The third kappa shape index (κ3) is 5.30. The van der Waals surface area contributed by atoms with Crippen molar-refractivity contribution in [1.29, 1.82) is 0 Å². The van der Waals surface area contributed by atoms with Gasteiger partial charge in [-0.15, -0.1) is 0 Å². The summed E-state index contributed by atoms with van der Waals surface area (Å²) < 4.78 is 5.54. The summed E-state index contributed by atoms with van der Waals surface area (Å²) >= 11 is 0. The second kappa shape index (κ2) is 8.37. The number of rotatable bonds is 7. The summed E-state index contributed by atoms with van der Waals surface area (Å²) in [7, 11) is 0. The van der Waals surface area contributed by atoms with Crippen molar-refractivity contribution in [2.45, 2.75) is 59.5 Å². The van der Waals surface area contributed by atoms with E-state index < -0.39 is 6.04 Å². The fourth-order valence-corrected chi connectivity index (χ4v) is 2.70. The number of hydrogen-bond acceptors (Lipinski definition) is 3. The van der Waals surface area contributed by atoms with E-state index in [9.17, 15) is 9.59 Å². The number of amides is 2. The minimum absolute atomic E-state index is 0.0276. The maximum Gasteiger partial charge on any atom is 0.245 e. The lowest BCUT2D eigenvalue weighted by molar-refractivity contribution is -0.138. The maximum absolute atomic E-state index is 12.8. The molecule has 1 N–H and O–H groups in total. The zero-order chi connectivity index (χ0) is 16.0. The lowest BCUT2D eigenvalue weighted by Crippen LogP contribution is -2.52. The van der Waals surface area contributed by atoms with E-state index in [0.717, 1.165) is 0 Å². The molecule has 0 aromatic rings. The molecule has 1 fully saturated rings. The van der Waals surface area contributed by atoms with Gasteiger partial charge in [0.2, 0.25) is 11.8 Å². The summed E-state index contributed by atoms with van der Waals surface area (Å²) in [6.45, 7) is 11.9. The van der Waals surface area contributed by atoms with Gasteiger partial charge >= 0.3 is 0 Å². The van der Waals surface area contributed by atoms with Crippen LogP contribution in [0.5, 0.6) is 0 Å². The van der Waals surface area contributed by atoms with E-state index in [1.807, 2.05) is 11.8 Å². The van der Waals surface area contributed by atoms with Crippen LogP contribution in [0.2, 0.25) is 0 Å². The second-order valence-corrected chi connectivity index (χ2v) is 6.50. The van der Waals surface area contributed by atoms with E-state index in [2.05, 4.69) is 33.0 Å². The first-order chi connectivity index (χ1) is 9.86. The van der Waals surface area contributed by atoms with Gasteiger partial charge in [-0.25, -0.2) is 0 Å². The van der Waals surface area contributed by atoms with Gasteiger partial charge in [-0.2, -0.15) is 0 Å². The Balaban J connectivity index is 2.90. The molecule has 5 heteroatoms. The Hall–Kier alpha value is -1.10. The summed E-state index contributed by atoms with van der Waals surface area (Å²) in [5.74, 6) is 0.667. The average molecular weight is 298 g/mol. The predicted octanol–water partition coefficient (Wildman–Crippen LogP) is 1.81. The average Bonchev–Trinajstić information content (AvgIpc) is 2.51. The van der Waals surface area contributed by atoms with E-state index in [1.165, 1.54) is 0 Å². The fraction of sp³-hybridized carbons (Fsp3) is 0.875. The summed E-state index contributed by atoms with van der Waals surface area (Å²) in [4.78, 5) is 26.5. The Bertz CT molecular complexity index is 355. The Labute approximate surface area is 128 Å². The van der Waals surface area contributed by atoms with Gasteiger partial charge in [-0.3, -0.25) is 9.59 Å². The van der Waals surface area contributed by atoms with Gasteiger partial charge in [0.05, 0.1) is 12.6 Å². The van der Waals surface area contributed by atoms with Gasteiger partial charge in [0.15, 0.2) is 0 Å². The summed E-state index contributed by atoms with van der Waals surface area (Å²) in [6, 6.07) is -0.373. The maximum atomic E-state index is 12.8. The van der Waals surface area contributed by atoms with E-state index in [-0.39, 0.29) is 17.9 Å². The largest absolute Gasteiger partial charge is 0.380 e. The standard InChI is InChI=1S/C16H30N2O3/c1-6-21-10-14(12(4)5)18-8-7-15(19)17-13(16(18)20)9-11(2)3/h11-14H,6-10H2,1-5H3,(H,17,19). The summed E-state index contributed by atoms with van der Waals surface area (Å²) in [5, 5.41) is 2.87. The molecular weight excluding hydrogens is 268 g/mol. The van der Waals surface area contributed by atoms with Crippen molar-refractivity contribution < 1.29 is 14.3 Å². The highest BCUT2D eigenvalue weighted by atomic mass is 16.5. The molecule has 5 nitrogen and oxygen atoms in total. The van der Waals surface area contributed by atoms with Gasteiger partial charge in [0.1, 0.15) is 6.04 Å². The zero-order valence-electron chi connectivity index (χ0n) is 14.0. The van der Waals surface area contributed by atoms with Gasteiger partial charge in [0.25, 0.3) is 0 Å². The molecule has 0 saturated carbocycles. The fourth-order valence-electron chi connectivity index (χ4n) is 2.70. The lowest BCUT2D eigenvalue weighted by Gasteiger charge is -2.35. The number of carbonyl (C=O) groups excluding carboxylic acids is 2. The molecule has 0 aliphatic carbocycles. The van der Waals surface area contributed by atoms with Crippen LogP contribution in [0.3, 0.4) is 0 Å². The molecule has 0 spiro atoms. The minimum atomic E-state index is -0.400. The Morgan fingerprint density at radius 2 is 1.95 bits per heavy atom. The molecule has 0 bridgehead atoms. The van der Waals surface area contributed by atoms with Crippen molar-refractivity contribution in [1.82, 2.24) is 10.2 Å². The first kappa shape index (κ1) is 18.0. The van der Waals surface area contributed by atoms with E-state index in [1.54, 1.807) is 0 Å². The molecule has 1 saturated heterocycles. The molecule has 2 atom stereocenters. The zero-order valence-corrected chi connectivity index (χ0v) is 14.0. The van der Waals surface area contributed by atoms with Crippen LogP contribution in [0.15, 0.2) is 0 Å². The normalized spacial score (nSPS) is 21.7. The van der Waals surface area contributed by atoms with Gasteiger partial charge in [-0.1, -0.05) is 27.7 Å². The molecule has 21 heavy (non-hydrogen) atoms. The van der Waals surface area contributed by atoms with Crippen molar-refractivity contribution in [3.8, 4) is 0 Å². The third-order valence-corrected chi connectivity index (χ3v) is 3.87. The molecule has 0 radical (unpaired) electrons. The molecule has 0 aromatic carbocycles. The van der Waals surface area contributed by atoms with Gasteiger partial charge < -0.3 is 15.0 Å². The molecule has 1 aliphatic rings. The van der Waals surface area contributed by atoms with Crippen LogP contribution in [-0.4, -0.2) is 48.6 Å². The van der Waals surface area contributed by atoms with E-state index in [4.69, 9.17) is 4.74 Å². The highest BCUT2D eigenvalue weighted by molar-refractivity contribution is 5.90. The number of carbonyl (C=O) groups is 2. The molecule has 1 heterocycles. The van der Waals surface area contributed by atoms with Crippen LogP contribution < -0.4 is 5.32 Å². The highest BCUT2D eigenvalue weighted by Gasteiger charge is 2.35. The Morgan fingerprint density at radius 1 is 1.29 bits per heavy atom. The molecular formula is C16H30N2O3. The van der Waals surface area contributed by atoms with Crippen LogP contribution in [0.4, 0.5) is 0 Å². The smallest absolute Gasteiger partial charge is 0.245 e. The van der Waals surface area contributed by atoms with Crippen molar-refractivity contribution in [2.24, 2.45) is 11.8 Å². The van der Waals surface area contributed by atoms with Crippen LogP contribution in [0, 0.1) is 11.8 Å². The van der Waals surface area contributed by atoms with Crippen LogP contribution in [-0.2, 0) is 14.3 Å². The summed E-state index contributed by atoms with van der Waals surface area (Å²) in [6.07, 6.45) is 1.05. The molecule has 1 rings (SSSR count). The second-order valence-electron chi connectivity index (χ2n) is 6.50. The van der Waals surface area contributed by atoms with Crippen LogP contribution in [0.1, 0.15) is 47.5 Å². The number of nitrogens with one attached hydrogen (secondary N) is 1. The number of nitrogens with zero attached hydrogens (tertiary/aromatic N) is 1. The quantitative estimate of drug-likeness (QED) is 0.780. The monoisotopic (exact) mass is 298 g/mol. The first-order valence-electron chi connectivity index (χ1n) is 8.04. The predicted molar refractivity (Wildman–Crippen MR) is 82.8 cm³/mol. The SMILES string of the molecule is CCOCC(C(C)C)N1CCC(=O)NC(CC(C)C)C1=O. The van der Waals surface area contributed by atoms with E-state index >= 15 is 0 Å². The minimum Gasteiger partial charge on any atom is -0.380 e.